The Kier molecular flexibility index (Phi) is 11.1. The van der Waals surface area contributed by atoms with Crippen molar-refractivity contribution in [1.82, 2.24) is 0 Å². The van der Waals surface area contributed by atoms with Crippen molar-refractivity contribution in [2.45, 2.75) is 25.7 Å². The van der Waals surface area contributed by atoms with Crippen LogP contribution in [-0.2, 0) is 0 Å². The van der Waals surface area contributed by atoms with Crippen LogP contribution >= 0.6 is 0 Å². The van der Waals surface area contributed by atoms with Crippen molar-refractivity contribution >= 4 is 8.07 Å². The maximum atomic E-state index is 10.6. The third-order valence-corrected chi connectivity index (χ3v) is 6.72. The lowest BCUT2D eigenvalue weighted by Crippen LogP contribution is -2.16. The fourth-order valence-electron chi connectivity index (χ4n) is 3.71. The average molecular weight is 577 g/mol. The fraction of sp³-hybridized carbons (Fsp3) is 0.0952. The SMILES string of the molecule is C[Si](C)(C)C#CC#CC(O)c1ccccc1C#CC#Cc1ccccc1C#CC#Cc1ccccc1C#Cc1ccccc1. The zero-order valence-corrected chi connectivity index (χ0v) is 25.8. The molecule has 1 unspecified atom stereocenters. The highest BCUT2D eigenvalue weighted by Crippen LogP contribution is 2.16. The molecule has 0 bridgehead atoms. The minimum atomic E-state index is -1.51. The largest absolute Gasteiger partial charge is 0.376 e. The standard InChI is InChI=1S/C42H28OSi/c1-44(2,3)34-18-17-31-42(43)41-30-16-15-29-40(41)28-14-13-24-37-22-8-7-21-36(37)23-9-10-25-38-26-11-12-27-39(38)33-32-35-19-5-4-6-20-35/h4-8,11-12,15-16,19-22,26-27,29-30,42-43H,1-3H3. The van der Waals surface area contributed by atoms with E-state index in [1.165, 1.54) is 0 Å². The van der Waals surface area contributed by atoms with Crippen LogP contribution in [0.1, 0.15) is 45.0 Å². The van der Waals surface area contributed by atoms with E-state index >= 15 is 0 Å². The van der Waals surface area contributed by atoms with Gasteiger partial charge >= 0.3 is 0 Å². The molecule has 206 valence electrons. The smallest absolute Gasteiger partial charge is 0.142 e. The fourth-order valence-corrected chi connectivity index (χ4v) is 4.15. The summed E-state index contributed by atoms with van der Waals surface area (Å²) in [5.74, 6) is 38.9. The maximum absolute atomic E-state index is 10.6. The van der Waals surface area contributed by atoms with Crippen molar-refractivity contribution in [1.29, 1.82) is 0 Å². The number of aliphatic hydroxyl groups excluding tert-OH is 1. The second-order valence-corrected chi connectivity index (χ2v) is 15.2. The van der Waals surface area contributed by atoms with Gasteiger partial charge in [-0.05, 0) is 78.0 Å². The van der Waals surface area contributed by atoms with Crippen molar-refractivity contribution in [3.05, 3.63) is 142 Å². The molecule has 0 radical (unpaired) electrons. The Labute approximate surface area is 262 Å². The molecule has 0 aromatic heterocycles. The van der Waals surface area contributed by atoms with E-state index in [0.29, 0.717) is 11.1 Å². The van der Waals surface area contributed by atoms with Crippen LogP contribution in [0, 0.1) is 82.5 Å². The van der Waals surface area contributed by atoms with Crippen molar-refractivity contribution in [2.24, 2.45) is 0 Å². The Morgan fingerprint density at radius 1 is 0.455 bits per heavy atom. The summed E-state index contributed by atoms with van der Waals surface area (Å²) in [4.78, 5) is 0. The van der Waals surface area contributed by atoms with E-state index < -0.39 is 14.2 Å². The lowest BCUT2D eigenvalue weighted by molar-refractivity contribution is 0.238. The molecule has 0 aliphatic heterocycles. The van der Waals surface area contributed by atoms with Gasteiger partial charge in [0.25, 0.3) is 0 Å². The number of rotatable bonds is 1. The molecule has 1 nitrogen and oxygen atoms in total. The van der Waals surface area contributed by atoms with Gasteiger partial charge in [0.15, 0.2) is 0 Å². The monoisotopic (exact) mass is 576 g/mol. The molecule has 0 spiro atoms. The molecule has 4 rings (SSSR count). The summed E-state index contributed by atoms with van der Waals surface area (Å²) in [6.07, 6.45) is -0.982. The van der Waals surface area contributed by atoms with Gasteiger partial charge < -0.3 is 5.11 Å². The Bertz CT molecular complexity index is 2100. The van der Waals surface area contributed by atoms with Crippen molar-refractivity contribution < 1.29 is 5.11 Å². The molecular weight excluding hydrogens is 549 g/mol. The quantitative estimate of drug-likeness (QED) is 0.195. The molecule has 4 aromatic rings. The van der Waals surface area contributed by atoms with Crippen LogP contribution in [0.4, 0.5) is 0 Å². The Morgan fingerprint density at radius 3 is 1.41 bits per heavy atom. The van der Waals surface area contributed by atoms with Crippen LogP contribution in [0.3, 0.4) is 0 Å². The molecule has 2 heteroatoms. The van der Waals surface area contributed by atoms with Gasteiger partial charge in [0.1, 0.15) is 14.2 Å². The molecule has 44 heavy (non-hydrogen) atoms. The Balaban J connectivity index is 1.50. The predicted molar refractivity (Wildman–Crippen MR) is 183 cm³/mol. The first kappa shape index (κ1) is 30.9. The topological polar surface area (TPSA) is 20.2 Å². The molecule has 4 aromatic carbocycles. The third-order valence-electron chi connectivity index (χ3n) is 5.85. The van der Waals surface area contributed by atoms with E-state index in [4.69, 9.17) is 0 Å². The molecular formula is C42H28OSi. The van der Waals surface area contributed by atoms with E-state index in [0.717, 1.165) is 27.8 Å². The zero-order chi connectivity index (χ0) is 31.0. The second kappa shape index (κ2) is 15.8. The van der Waals surface area contributed by atoms with E-state index in [2.05, 4.69) is 102 Å². The van der Waals surface area contributed by atoms with Crippen molar-refractivity contribution in [3.63, 3.8) is 0 Å². The van der Waals surface area contributed by atoms with Gasteiger partial charge in [-0.1, -0.05) is 122 Å². The van der Waals surface area contributed by atoms with Gasteiger partial charge in [-0.2, -0.15) is 0 Å². The van der Waals surface area contributed by atoms with Crippen LogP contribution in [0.15, 0.2) is 103 Å². The van der Waals surface area contributed by atoms with E-state index in [-0.39, 0.29) is 0 Å². The van der Waals surface area contributed by atoms with Crippen LogP contribution in [0.25, 0.3) is 0 Å². The summed E-state index contributed by atoms with van der Waals surface area (Å²) in [5.41, 5.74) is 8.62. The molecule has 0 heterocycles. The molecule has 0 amide bonds. The van der Waals surface area contributed by atoms with Gasteiger partial charge in [-0.3, -0.25) is 0 Å². The summed E-state index contributed by atoms with van der Waals surface area (Å²) < 4.78 is 0. The van der Waals surface area contributed by atoms with Gasteiger partial charge in [0.2, 0.25) is 0 Å². The van der Waals surface area contributed by atoms with Crippen LogP contribution in [-0.4, -0.2) is 13.2 Å². The first-order valence-electron chi connectivity index (χ1n) is 14.0. The van der Waals surface area contributed by atoms with Crippen LogP contribution < -0.4 is 0 Å². The minimum absolute atomic E-state index is 0.626. The first-order chi connectivity index (χ1) is 21.4. The van der Waals surface area contributed by atoms with E-state index in [1.54, 1.807) is 0 Å². The molecule has 0 aliphatic carbocycles. The molecule has 0 saturated heterocycles. The summed E-state index contributed by atoms with van der Waals surface area (Å²) >= 11 is 0. The van der Waals surface area contributed by atoms with E-state index in [9.17, 15) is 5.11 Å². The highest BCUT2D eigenvalue weighted by molar-refractivity contribution is 6.83. The van der Waals surface area contributed by atoms with Gasteiger partial charge in [-0.25, -0.2) is 0 Å². The van der Waals surface area contributed by atoms with Crippen molar-refractivity contribution in [2.75, 3.05) is 0 Å². The lowest BCUT2D eigenvalue weighted by atomic mass is 10.0. The molecule has 0 fully saturated rings. The highest BCUT2D eigenvalue weighted by atomic mass is 28.3. The van der Waals surface area contributed by atoms with Crippen LogP contribution in [0.2, 0.25) is 19.6 Å². The van der Waals surface area contributed by atoms with Gasteiger partial charge in [0, 0.05) is 38.9 Å². The predicted octanol–water partition coefficient (Wildman–Crippen LogP) is 6.81. The molecule has 1 N–H and O–H groups in total. The molecule has 1 atom stereocenters. The lowest BCUT2D eigenvalue weighted by Gasteiger charge is -2.05. The number of benzene rings is 4. The first-order valence-corrected chi connectivity index (χ1v) is 17.5. The zero-order valence-electron chi connectivity index (χ0n) is 24.8. The normalized spacial score (nSPS) is 9.82. The molecule has 0 saturated carbocycles. The van der Waals surface area contributed by atoms with Gasteiger partial charge in [0.05, 0.1) is 0 Å². The highest BCUT2D eigenvalue weighted by Gasteiger charge is 2.08. The average Bonchev–Trinajstić information content (AvgIpc) is 3.03. The number of aliphatic hydroxyl groups is 1. The summed E-state index contributed by atoms with van der Waals surface area (Å²) in [6, 6.07) is 32.6. The van der Waals surface area contributed by atoms with Crippen molar-refractivity contribution in [3.8, 4) is 82.5 Å². The number of hydrogen-bond acceptors (Lipinski definition) is 1. The minimum Gasteiger partial charge on any atom is -0.376 e. The Hall–Kier alpha value is -6.02. The third kappa shape index (κ3) is 10.1. The summed E-state index contributed by atoms with van der Waals surface area (Å²) in [6.45, 7) is 6.44. The second-order valence-electron chi connectivity index (χ2n) is 10.5. The summed E-state index contributed by atoms with van der Waals surface area (Å²) in [5, 5.41) is 10.6. The van der Waals surface area contributed by atoms with Gasteiger partial charge in [-0.15, -0.1) is 5.54 Å². The molecule has 0 aliphatic rings. The Morgan fingerprint density at radius 2 is 0.886 bits per heavy atom. The van der Waals surface area contributed by atoms with E-state index in [1.807, 2.05) is 103 Å². The maximum Gasteiger partial charge on any atom is 0.142 e. The van der Waals surface area contributed by atoms with Crippen LogP contribution in [0.5, 0.6) is 0 Å². The summed E-state index contributed by atoms with van der Waals surface area (Å²) in [7, 11) is -1.51. The number of hydrogen-bond donors (Lipinski definition) is 1.